The minimum atomic E-state index is -0.739. The molecule has 1 aromatic carbocycles. The van der Waals surface area contributed by atoms with Crippen LogP contribution in [0.15, 0.2) is 30.0 Å². The molecule has 2 N–H and O–H groups in total. The Kier molecular flexibility index (Phi) is 7.24. The number of aromatic nitrogens is 2. The van der Waals surface area contributed by atoms with Crippen molar-refractivity contribution < 1.29 is 9.90 Å². The zero-order valence-electron chi connectivity index (χ0n) is 21.3. The standard InChI is InChI=1S/C27H32Cl3N5O2/c1-15(21-7-6-19(28)9-22(21)29)31-24-23(30)16(2)32-26(33-24)35-13-18(14-35)17-5-4-8-34(12-17)20-10-27(3,11-20)25(36)37/h6-7,9-10,15,17-18H,4-5,8,11-14H2,1-3H3,(H,36,37)(H,31,32,33)/t15-,17+,27+/m1/s1. The third kappa shape index (κ3) is 5.23. The summed E-state index contributed by atoms with van der Waals surface area (Å²) in [6.07, 6.45) is 4.89. The number of hydrogen-bond donors (Lipinski definition) is 2. The molecule has 2 aromatic rings. The van der Waals surface area contributed by atoms with Crippen LogP contribution in [0.1, 0.15) is 50.4 Å². The zero-order valence-corrected chi connectivity index (χ0v) is 23.5. The number of carboxylic acid groups (broad SMARTS) is 1. The number of piperidine rings is 1. The van der Waals surface area contributed by atoms with Crippen molar-refractivity contribution in [2.24, 2.45) is 17.3 Å². The largest absolute Gasteiger partial charge is 0.481 e. The molecule has 1 aliphatic carbocycles. The molecule has 3 heterocycles. The minimum Gasteiger partial charge on any atom is -0.481 e. The fourth-order valence-corrected chi connectivity index (χ4v) is 6.31. The van der Waals surface area contributed by atoms with Gasteiger partial charge in [-0.1, -0.05) is 40.9 Å². The summed E-state index contributed by atoms with van der Waals surface area (Å²) in [7, 11) is 0. The Labute approximate surface area is 232 Å². The molecule has 0 bridgehead atoms. The Bertz CT molecular complexity index is 1250. The number of carbonyl (C=O) groups is 1. The number of carboxylic acids is 1. The molecule has 2 fully saturated rings. The summed E-state index contributed by atoms with van der Waals surface area (Å²) in [5.74, 6) is 1.69. The van der Waals surface area contributed by atoms with Gasteiger partial charge < -0.3 is 20.2 Å². The van der Waals surface area contributed by atoms with Crippen LogP contribution in [0.25, 0.3) is 0 Å². The van der Waals surface area contributed by atoms with Crippen molar-refractivity contribution in [3.8, 4) is 0 Å². The number of rotatable bonds is 7. The minimum absolute atomic E-state index is 0.120. The van der Waals surface area contributed by atoms with E-state index in [1.807, 2.05) is 32.1 Å². The second-order valence-corrected chi connectivity index (χ2v) is 12.1. The van der Waals surface area contributed by atoms with Gasteiger partial charge in [-0.3, -0.25) is 4.79 Å². The fraction of sp³-hybridized carbons (Fsp3) is 0.519. The summed E-state index contributed by atoms with van der Waals surface area (Å²) in [5, 5.41) is 14.5. The molecule has 0 amide bonds. The number of allylic oxidation sites excluding steroid dienone is 1. The van der Waals surface area contributed by atoms with E-state index >= 15 is 0 Å². The van der Waals surface area contributed by atoms with Gasteiger partial charge in [0.05, 0.1) is 17.2 Å². The third-order valence-corrected chi connectivity index (χ3v) is 9.05. The van der Waals surface area contributed by atoms with Crippen molar-refractivity contribution in [3.05, 3.63) is 56.3 Å². The van der Waals surface area contributed by atoms with E-state index < -0.39 is 11.4 Å². The summed E-state index contributed by atoms with van der Waals surface area (Å²) in [6, 6.07) is 5.33. The second kappa shape index (κ2) is 10.2. The number of nitrogens with zero attached hydrogens (tertiary/aromatic N) is 4. The predicted molar refractivity (Wildman–Crippen MR) is 149 cm³/mol. The molecule has 37 heavy (non-hydrogen) atoms. The Balaban J connectivity index is 1.22. The average Bonchev–Trinajstić information content (AvgIpc) is 2.79. The van der Waals surface area contributed by atoms with Crippen LogP contribution in [0.5, 0.6) is 0 Å². The number of aliphatic carboxylic acids is 1. The lowest BCUT2D eigenvalue weighted by molar-refractivity contribution is -0.146. The molecular formula is C27H32Cl3N5O2. The first kappa shape index (κ1) is 26.4. The SMILES string of the molecule is Cc1nc(N2CC([C@H]3CCCN(C4=C[C@](C)(C(=O)O)C4)C3)C2)nc(N[C@H](C)c2ccc(Cl)cc2Cl)c1Cl. The maximum atomic E-state index is 11.5. The van der Waals surface area contributed by atoms with E-state index in [2.05, 4.69) is 20.1 Å². The first-order valence-electron chi connectivity index (χ1n) is 12.7. The quantitative estimate of drug-likeness (QED) is 0.400. The Morgan fingerprint density at radius 3 is 2.54 bits per heavy atom. The van der Waals surface area contributed by atoms with E-state index in [1.54, 1.807) is 13.0 Å². The summed E-state index contributed by atoms with van der Waals surface area (Å²) in [4.78, 5) is 25.5. The van der Waals surface area contributed by atoms with Crippen molar-refractivity contribution >= 4 is 52.5 Å². The van der Waals surface area contributed by atoms with Crippen LogP contribution in [0, 0.1) is 24.2 Å². The van der Waals surface area contributed by atoms with E-state index in [-0.39, 0.29) is 6.04 Å². The molecule has 5 rings (SSSR count). The summed E-state index contributed by atoms with van der Waals surface area (Å²) < 4.78 is 0. The average molecular weight is 565 g/mol. The maximum absolute atomic E-state index is 11.5. The molecule has 7 nitrogen and oxygen atoms in total. The molecule has 0 spiro atoms. The van der Waals surface area contributed by atoms with Crippen LogP contribution >= 0.6 is 34.8 Å². The smallest absolute Gasteiger partial charge is 0.313 e. The highest BCUT2D eigenvalue weighted by Gasteiger charge is 2.43. The molecule has 3 atom stereocenters. The van der Waals surface area contributed by atoms with Gasteiger partial charge in [0.25, 0.3) is 0 Å². The van der Waals surface area contributed by atoms with Gasteiger partial charge in [0.1, 0.15) is 5.02 Å². The lowest BCUT2D eigenvalue weighted by atomic mass is 9.74. The van der Waals surface area contributed by atoms with E-state index in [0.29, 0.717) is 45.1 Å². The highest BCUT2D eigenvalue weighted by atomic mass is 35.5. The Morgan fingerprint density at radius 1 is 1.16 bits per heavy atom. The number of likely N-dealkylation sites (tertiary alicyclic amines) is 1. The van der Waals surface area contributed by atoms with Crippen LogP contribution in [0.2, 0.25) is 15.1 Å². The summed E-state index contributed by atoms with van der Waals surface area (Å²) in [5.41, 5.74) is 2.12. The number of nitrogens with one attached hydrogen (secondary N) is 1. The molecular weight excluding hydrogens is 533 g/mol. The van der Waals surface area contributed by atoms with Crippen LogP contribution < -0.4 is 10.2 Å². The highest BCUT2D eigenvalue weighted by Crippen LogP contribution is 2.43. The molecule has 0 radical (unpaired) electrons. The molecule has 198 valence electrons. The monoisotopic (exact) mass is 563 g/mol. The first-order chi connectivity index (χ1) is 17.5. The zero-order chi connectivity index (χ0) is 26.5. The summed E-state index contributed by atoms with van der Waals surface area (Å²) >= 11 is 19.0. The van der Waals surface area contributed by atoms with Gasteiger partial charge in [-0.05, 0) is 69.2 Å². The van der Waals surface area contributed by atoms with Crippen molar-refractivity contribution in [3.63, 3.8) is 0 Å². The van der Waals surface area contributed by atoms with Gasteiger partial charge in [-0.15, -0.1) is 0 Å². The molecule has 1 aromatic heterocycles. The van der Waals surface area contributed by atoms with Gasteiger partial charge in [-0.25, -0.2) is 4.98 Å². The molecule has 0 unspecified atom stereocenters. The van der Waals surface area contributed by atoms with E-state index in [4.69, 9.17) is 39.8 Å². The predicted octanol–water partition coefficient (Wildman–Crippen LogP) is 6.45. The van der Waals surface area contributed by atoms with Crippen molar-refractivity contribution in [1.82, 2.24) is 14.9 Å². The van der Waals surface area contributed by atoms with E-state index in [9.17, 15) is 9.90 Å². The van der Waals surface area contributed by atoms with E-state index in [0.717, 1.165) is 43.9 Å². The van der Waals surface area contributed by atoms with Crippen molar-refractivity contribution in [2.75, 3.05) is 36.4 Å². The highest BCUT2D eigenvalue weighted by molar-refractivity contribution is 6.35. The normalized spacial score (nSPS) is 24.7. The number of halogens is 3. The van der Waals surface area contributed by atoms with Gasteiger partial charge in [0, 0.05) is 48.3 Å². The molecule has 2 aliphatic heterocycles. The van der Waals surface area contributed by atoms with E-state index in [1.165, 1.54) is 12.1 Å². The number of anilines is 2. The topological polar surface area (TPSA) is 81.6 Å². The number of benzene rings is 1. The van der Waals surface area contributed by atoms with Crippen molar-refractivity contribution in [1.29, 1.82) is 0 Å². The fourth-order valence-electron chi connectivity index (χ4n) is 5.60. The molecule has 2 saturated heterocycles. The molecule has 0 saturated carbocycles. The summed E-state index contributed by atoms with van der Waals surface area (Å²) in [6.45, 7) is 9.52. The first-order valence-corrected chi connectivity index (χ1v) is 13.9. The number of aryl methyl sites for hydroxylation is 1. The van der Waals surface area contributed by atoms with Crippen LogP contribution in [0.3, 0.4) is 0 Å². The maximum Gasteiger partial charge on any atom is 0.313 e. The third-order valence-electron chi connectivity index (χ3n) is 8.03. The van der Waals surface area contributed by atoms with Crippen LogP contribution in [-0.4, -0.2) is 52.1 Å². The Hall–Kier alpha value is -2.22. The lowest BCUT2D eigenvalue weighted by Gasteiger charge is -2.49. The second-order valence-electron chi connectivity index (χ2n) is 10.9. The lowest BCUT2D eigenvalue weighted by Crippen LogP contribution is -2.54. The molecule has 10 heteroatoms. The van der Waals surface area contributed by atoms with Gasteiger partial charge >= 0.3 is 5.97 Å². The van der Waals surface area contributed by atoms with Crippen LogP contribution in [0.4, 0.5) is 11.8 Å². The van der Waals surface area contributed by atoms with Crippen LogP contribution in [-0.2, 0) is 4.79 Å². The number of hydrogen-bond acceptors (Lipinski definition) is 6. The molecule has 3 aliphatic rings. The van der Waals surface area contributed by atoms with Gasteiger partial charge in [0.2, 0.25) is 5.95 Å². The van der Waals surface area contributed by atoms with Gasteiger partial charge in [-0.2, -0.15) is 4.98 Å². The van der Waals surface area contributed by atoms with Crippen molar-refractivity contribution in [2.45, 2.75) is 46.1 Å². The van der Waals surface area contributed by atoms with Gasteiger partial charge in [0.15, 0.2) is 5.82 Å². The Morgan fingerprint density at radius 2 is 1.86 bits per heavy atom.